The van der Waals surface area contributed by atoms with Crippen molar-refractivity contribution < 1.29 is 23.9 Å². The Bertz CT molecular complexity index is 54.5. The van der Waals surface area contributed by atoms with Gasteiger partial charge in [0.2, 0.25) is 0 Å². The van der Waals surface area contributed by atoms with Crippen molar-refractivity contribution in [1.82, 2.24) is 0 Å². The van der Waals surface area contributed by atoms with E-state index in [2.05, 4.69) is 51.6 Å². The maximum atomic E-state index is 7.50. The van der Waals surface area contributed by atoms with E-state index in [9.17, 15) is 0 Å². The van der Waals surface area contributed by atoms with Gasteiger partial charge in [0.25, 0.3) is 0 Å². The third kappa shape index (κ3) is 23500000. The monoisotopic (exact) mass is 190 g/mol. The summed E-state index contributed by atoms with van der Waals surface area (Å²) in [5, 5.41) is 0. The zero-order chi connectivity index (χ0) is 8.71. The first-order valence-corrected chi connectivity index (χ1v) is 2.70. The van der Waals surface area contributed by atoms with Gasteiger partial charge in [0.1, 0.15) is 0 Å². The molecule has 54 valence electrons. The second-order valence-electron chi connectivity index (χ2n) is 0.289. The predicted octanol–water partition coefficient (Wildman–Crippen LogP) is 1.62. The molecule has 0 saturated carbocycles. The van der Waals surface area contributed by atoms with E-state index < -0.39 is 0 Å². The van der Waals surface area contributed by atoms with Crippen LogP contribution in [0.3, 0.4) is 0 Å². The number of allylic oxidation sites excluding steroid dienone is 1. The van der Waals surface area contributed by atoms with Gasteiger partial charge in [0.05, 0.1) is 0 Å². The molecule has 0 saturated heterocycles. The Labute approximate surface area is 67.4 Å². The summed E-state index contributed by atoms with van der Waals surface area (Å²) in [6.07, 6.45) is 1.50. The average molecular weight is 191 g/mol. The van der Waals surface area contributed by atoms with E-state index in [1.165, 1.54) is 6.08 Å². The van der Waals surface area contributed by atoms with E-state index in [0.29, 0.717) is 0 Å². The van der Waals surface area contributed by atoms with E-state index in [1.54, 1.807) is 0 Å². The quantitative estimate of drug-likeness (QED) is 0.317. The Balaban J connectivity index is -0.0000000190. The Kier molecular flexibility index (Phi) is 998. The van der Waals surface area contributed by atoms with Gasteiger partial charge in [-0.25, -0.2) is 0 Å². The molecule has 0 aromatic rings. The average Bonchev–Trinajstić information content (AvgIpc) is 2.01. The molecule has 0 aliphatic heterocycles. The van der Waals surface area contributed by atoms with Gasteiger partial charge in [0.15, 0.2) is 0 Å². The first kappa shape index (κ1) is 23.0. The third-order valence-electron chi connectivity index (χ3n) is 0. The van der Waals surface area contributed by atoms with Crippen LogP contribution < -0.4 is 0 Å². The summed E-state index contributed by atoms with van der Waals surface area (Å²) in [5.41, 5.74) is 0. The molecule has 0 aliphatic carbocycles. The van der Waals surface area contributed by atoms with E-state index in [-0.39, 0.29) is 0 Å². The van der Waals surface area contributed by atoms with Crippen LogP contribution in [0.1, 0.15) is 0 Å². The fourth-order valence-corrected chi connectivity index (χ4v) is 0. The van der Waals surface area contributed by atoms with Gasteiger partial charge in [0, 0.05) is 0 Å². The first-order valence-electron chi connectivity index (χ1n) is 1.34. The van der Waals surface area contributed by atoms with Gasteiger partial charge in [-0.05, 0) is 6.92 Å². The van der Waals surface area contributed by atoms with Crippen LogP contribution in [0, 0.1) is 20.2 Å². The molecular weight excluding hydrogens is 186 g/mol. The zero-order valence-electron chi connectivity index (χ0n) is 4.50. The van der Waals surface area contributed by atoms with Crippen LogP contribution in [0.4, 0.5) is 0 Å². The molecule has 0 unspecified atom stereocenters. The van der Waals surface area contributed by atoms with Crippen molar-refractivity contribution >= 4 is 10.2 Å². The number of halogens is 1. The summed E-state index contributed by atoms with van der Waals surface area (Å²) in [4.78, 5) is 0. The van der Waals surface area contributed by atoms with Gasteiger partial charge >= 0.3 is 47.4 Å². The molecular formula is C5H5ClNiO2. The van der Waals surface area contributed by atoms with E-state index in [0.717, 1.165) is 0 Å². The molecule has 0 heterocycles. The molecule has 9 heavy (non-hydrogen) atoms. The Morgan fingerprint density at radius 3 is 1.22 bits per heavy atom. The maximum absolute atomic E-state index is 7.50. The summed E-state index contributed by atoms with van der Waals surface area (Å²) in [6.45, 7) is 15.5. The molecule has 0 rings (SSSR count). The molecule has 1 radical (unpaired) electrons. The van der Waals surface area contributed by atoms with Crippen LogP contribution in [0.5, 0.6) is 0 Å². The van der Waals surface area contributed by atoms with Crippen molar-refractivity contribution in [2.75, 3.05) is 0 Å². The summed E-state index contributed by atoms with van der Waals surface area (Å²) < 4.78 is 15.0. The van der Waals surface area contributed by atoms with E-state index in [1.807, 2.05) is 0 Å². The SMILES string of the molecule is [C-]#[O+].[C-]#[O+].[CH2]C=C.[Cl][Ni]. The van der Waals surface area contributed by atoms with E-state index in [4.69, 9.17) is 9.30 Å². The van der Waals surface area contributed by atoms with Gasteiger partial charge in [-0.3, -0.25) is 0 Å². The molecule has 0 aromatic carbocycles. The predicted molar refractivity (Wildman–Crippen MR) is 29.3 cm³/mol. The molecule has 0 fully saturated rings. The van der Waals surface area contributed by atoms with Crippen molar-refractivity contribution in [3.8, 4) is 0 Å². The van der Waals surface area contributed by atoms with Crippen molar-refractivity contribution in [1.29, 1.82) is 0 Å². The summed E-state index contributed by atoms with van der Waals surface area (Å²) in [6, 6.07) is 0. The topological polar surface area (TPSA) is 39.8 Å². The summed E-state index contributed by atoms with van der Waals surface area (Å²) in [7, 11) is 4.26. The van der Waals surface area contributed by atoms with Crippen LogP contribution in [0.2, 0.25) is 0 Å². The normalized spacial score (nSPS) is 2.67. The minimum atomic E-state index is 1.50. The third-order valence-corrected chi connectivity index (χ3v) is 0. The molecule has 0 N–H and O–H groups in total. The van der Waals surface area contributed by atoms with Crippen LogP contribution in [0.25, 0.3) is 0 Å². The van der Waals surface area contributed by atoms with Crippen LogP contribution in [0.15, 0.2) is 12.7 Å². The number of rotatable bonds is 0. The Hall–Kier alpha value is 0.00351. The fraction of sp³-hybridized carbons (Fsp3) is 0. The van der Waals surface area contributed by atoms with Crippen LogP contribution in [-0.4, -0.2) is 0 Å². The zero-order valence-corrected chi connectivity index (χ0v) is 6.25. The molecule has 0 atom stereocenters. The Morgan fingerprint density at radius 1 is 1.22 bits per heavy atom. The minimum absolute atomic E-state index is 1.50. The van der Waals surface area contributed by atoms with Crippen LogP contribution in [-0.2, 0) is 23.9 Å². The molecule has 0 aromatic heterocycles. The standard InChI is InChI=1S/C3H5.2CO.ClH.Ni/c1-3-2;2*1-2;;/h3H,1-2H2;;;1H;/q;;;;+1/p-1. The molecule has 0 aliphatic rings. The van der Waals surface area contributed by atoms with Gasteiger partial charge in [-0.1, -0.05) is 6.08 Å². The number of hydrogen-bond acceptors (Lipinski definition) is 0. The van der Waals surface area contributed by atoms with Crippen molar-refractivity contribution in [3.63, 3.8) is 0 Å². The Morgan fingerprint density at radius 2 is 1.22 bits per heavy atom. The van der Waals surface area contributed by atoms with Gasteiger partial charge in [-0.15, -0.1) is 6.58 Å². The van der Waals surface area contributed by atoms with Crippen molar-refractivity contribution in [2.24, 2.45) is 0 Å². The molecule has 0 bridgehead atoms. The van der Waals surface area contributed by atoms with Crippen LogP contribution >= 0.6 is 10.2 Å². The summed E-state index contributed by atoms with van der Waals surface area (Å²) in [5.74, 6) is 0. The van der Waals surface area contributed by atoms with Crippen molar-refractivity contribution in [3.05, 3.63) is 32.9 Å². The first-order chi connectivity index (χ1) is 4.41. The molecule has 4 heteroatoms. The van der Waals surface area contributed by atoms with Crippen molar-refractivity contribution in [2.45, 2.75) is 0 Å². The molecule has 0 amide bonds. The van der Waals surface area contributed by atoms with E-state index >= 15 is 0 Å². The fourth-order valence-electron chi connectivity index (χ4n) is 0. The molecule has 0 spiro atoms. The second kappa shape index (κ2) is 390. The molecule has 2 nitrogen and oxygen atoms in total. The second-order valence-corrected chi connectivity index (χ2v) is 0.289. The summed E-state index contributed by atoms with van der Waals surface area (Å²) >= 11 is 3.35. The van der Waals surface area contributed by atoms with Gasteiger partial charge in [-0.2, -0.15) is 0 Å². The van der Waals surface area contributed by atoms with Gasteiger partial charge < -0.3 is 0 Å². The number of hydrogen-bond donors (Lipinski definition) is 0.